The number of carboxylic acids is 1. The van der Waals surface area contributed by atoms with Gasteiger partial charge in [0.15, 0.2) is 5.78 Å². The van der Waals surface area contributed by atoms with Crippen molar-refractivity contribution in [1.29, 1.82) is 0 Å². The van der Waals surface area contributed by atoms with Crippen molar-refractivity contribution in [2.24, 2.45) is 5.92 Å². The topological polar surface area (TPSA) is 89.3 Å². The zero-order valence-corrected chi connectivity index (χ0v) is 13.5. The summed E-state index contributed by atoms with van der Waals surface area (Å²) in [6.07, 6.45) is 0.238. The number of nitrogens with zero attached hydrogens (tertiary/aromatic N) is 2. The average molecular weight is 326 g/mol. The van der Waals surface area contributed by atoms with Gasteiger partial charge in [0.1, 0.15) is 0 Å². The molecule has 1 aliphatic carbocycles. The maximum atomic E-state index is 13.2. The zero-order valence-electron chi connectivity index (χ0n) is 13.5. The van der Waals surface area contributed by atoms with E-state index in [9.17, 15) is 19.5 Å². The van der Waals surface area contributed by atoms with Gasteiger partial charge < -0.3 is 5.11 Å². The summed E-state index contributed by atoms with van der Waals surface area (Å²) in [5.74, 6) is -2.12. The second-order valence-corrected chi connectivity index (χ2v) is 6.06. The molecule has 0 unspecified atom stereocenters. The Bertz CT molecular complexity index is 872. The lowest BCUT2D eigenvalue weighted by molar-refractivity contribution is -0.138. The predicted molar refractivity (Wildman–Crippen MR) is 87.1 cm³/mol. The van der Waals surface area contributed by atoms with Gasteiger partial charge in [-0.3, -0.25) is 14.4 Å². The van der Waals surface area contributed by atoms with Crippen LogP contribution in [0.2, 0.25) is 0 Å². The first-order chi connectivity index (χ1) is 11.4. The number of hydrogen-bond acceptors (Lipinski definition) is 4. The van der Waals surface area contributed by atoms with E-state index in [2.05, 4.69) is 5.10 Å². The quantitative estimate of drug-likeness (QED) is 0.846. The standard InChI is InChI=1S/C18H18N2O4/c1-3-20-15(21)9-13(11(2)19-20)16(22)18(10-14(18)17(23)24)12-7-5-4-6-8-12/h4-9,14H,3,10H2,1-2H3,(H,23,24)/t14-,18+/m0/s1. The van der Waals surface area contributed by atoms with Gasteiger partial charge in [0.05, 0.1) is 17.0 Å². The lowest BCUT2D eigenvalue weighted by Gasteiger charge is -2.17. The summed E-state index contributed by atoms with van der Waals surface area (Å²) in [5.41, 5.74) is -0.154. The Morgan fingerprint density at radius 1 is 1.33 bits per heavy atom. The molecule has 0 saturated heterocycles. The highest BCUT2D eigenvalue weighted by molar-refractivity contribution is 6.10. The van der Waals surface area contributed by atoms with Gasteiger partial charge in [-0.25, -0.2) is 4.68 Å². The summed E-state index contributed by atoms with van der Waals surface area (Å²) in [5, 5.41) is 13.6. The lowest BCUT2D eigenvalue weighted by Crippen LogP contribution is -2.30. The van der Waals surface area contributed by atoms with Gasteiger partial charge in [0.2, 0.25) is 0 Å². The molecule has 1 aromatic heterocycles. The number of aromatic nitrogens is 2. The van der Waals surface area contributed by atoms with Crippen LogP contribution in [0, 0.1) is 12.8 Å². The van der Waals surface area contributed by atoms with Crippen LogP contribution in [-0.2, 0) is 16.8 Å². The average Bonchev–Trinajstić information content (AvgIpc) is 3.34. The van der Waals surface area contributed by atoms with Gasteiger partial charge in [0.25, 0.3) is 5.56 Å². The van der Waals surface area contributed by atoms with Crippen molar-refractivity contribution in [3.05, 3.63) is 63.6 Å². The number of Topliss-reactive ketones (excluding diaryl/α,β-unsaturated/α-hetero) is 1. The Morgan fingerprint density at radius 2 is 2.00 bits per heavy atom. The molecule has 0 radical (unpaired) electrons. The summed E-state index contributed by atoms with van der Waals surface area (Å²) in [6.45, 7) is 3.87. The van der Waals surface area contributed by atoms with Crippen molar-refractivity contribution in [2.75, 3.05) is 0 Å². The molecule has 1 saturated carbocycles. The first kappa shape index (κ1) is 16.1. The van der Waals surface area contributed by atoms with E-state index in [0.29, 0.717) is 17.8 Å². The Balaban J connectivity index is 2.12. The van der Waals surface area contributed by atoms with Crippen molar-refractivity contribution in [3.63, 3.8) is 0 Å². The molecule has 6 heteroatoms. The molecule has 0 spiro atoms. The van der Waals surface area contributed by atoms with E-state index < -0.39 is 17.3 Å². The van der Waals surface area contributed by atoms with Crippen LogP contribution in [-0.4, -0.2) is 26.6 Å². The van der Waals surface area contributed by atoms with Crippen molar-refractivity contribution < 1.29 is 14.7 Å². The number of carboxylic acid groups (broad SMARTS) is 1. The lowest BCUT2D eigenvalue weighted by atomic mass is 9.85. The maximum Gasteiger partial charge on any atom is 0.307 e. The van der Waals surface area contributed by atoms with Crippen LogP contribution in [0.25, 0.3) is 0 Å². The molecule has 6 nitrogen and oxygen atoms in total. The van der Waals surface area contributed by atoms with Crippen molar-refractivity contribution >= 4 is 11.8 Å². The molecular formula is C18H18N2O4. The monoisotopic (exact) mass is 326 g/mol. The molecule has 24 heavy (non-hydrogen) atoms. The number of benzene rings is 1. The van der Waals surface area contributed by atoms with E-state index in [-0.39, 0.29) is 23.3 Å². The number of rotatable bonds is 5. The second-order valence-electron chi connectivity index (χ2n) is 6.06. The highest BCUT2D eigenvalue weighted by Gasteiger charge is 2.64. The summed E-state index contributed by atoms with van der Waals surface area (Å²) in [6, 6.07) is 10.2. The summed E-state index contributed by atoms with van der Waals surface area (Å²) in [7, 11) is 0. The molecule has 1 aliphatic rings. The highest BCUT2D eigenvalue weighted by Crippen LogP contribution is 2.56. The fraction of sp³-hybridized carbons (Fsp3) is 0.333. The SMILES string of the molecule is CCn1nc(C)c(C(=O)[C@@]2(c3ccccc3)C[C@H]2C(=O)O)cc1=O. The number of carbonyl (C=O) groups is 2. The van der Waals surface area contributed by atoms with Gasteiger partial charge in [0, 0.05) is 18.2 Å². The van der Waals surface area contributed by atoms with Gasteiger partial charge in [-0.05, 0) is 25.8 Å². The van der Waals surface area contributed by atoms with Crippen LogP contribution in [0.5, 0.6) is 0 Å². The van der Waals surface area contributed by atoms with Gasteiger partial charge in [-0.15, -0.1) is 0 Å². The summed E-state index contributed by atoms with van der Waals surface area (Å²) >= 11 is 0. The van der Waals surface area contributed by atoms with Crippen LogP contribution >= 0.6 is 0 Å². The number of ketones is 1. The molecule has 1 fully saturated rings. The molecule has 124 valence electrons. The molecular weight excluding hydrogens is 308 g/mol. The normalized spacial score (nSPS) is 22.2. The Labute approximate surface area is 138 Å². The fourth-order valence-corrected chi connectivity index (χ4v) is 3.28. The van der Waals surface area contributed by atoms with Crippen LogP contribution in [0.1, 0.15) is 35.0 Å². The predicted octanol–water partition coefficient (Wildman–Crippen LogP) is 1.80. The Morgan fingerprint density at radius 3 is 2.54 bits per heavy atom. The van der Waals surface area contributed by atoms with Crippen LogP contribution < -0.4 is 5.56 Å². The molecule has 1 N–H and O–H groups in total. The zero-order chi connectivity index (χ0) is 17.5. The molecule has 1 aromatic carbocycles. The van der Waals surface area contributed by atoms with Gasteiger partial charge in [-0.2, -0.15) is 5.10 Å². The first-order valence-electron chi connectivity index (χ1n) is 7.83. The molecule has 2 atom stereocenters. The van der Waals surface area contributed by atoms with E-state index in [4.69, 9.17) is 0 Å². The van der Waals surface area contributed by atoms with Crippen molar-refractivity contribution in [3.8, 4) is 0 Å². The number of aryl methyl sites for hydroxylation is 2. The van der Waals surface area contributed by atoms with Crippen LogP contribution in [0.15, 0.2) is 41.2 Å². The van der Waals surface area contributed by atoms with E-state index in [1.807, 2.05) is 6.07 Å². The van der Waals surface area contributed by atoms with Crippen molar-refractivity contribution in [1.82, 2.24) is 9.78 Å². The third-order valence-electron chi connectivity index (χ3n) is 4.68. The maximum absolute atomic E-state index is 13.2. The molecule has 3 rings (SSSR count). The van der Waals surface area contributed by atoms with Gasteiger partial charge >= 0.3 is 5.97 Å². The number of hydrogen-bond donors (Lipinski definition) is 1. The molecule has 1 heterocycles. The van der Waals surface area contributed by atoms with E-state index in [0.717, 1.165) is 0 Å². The van der Waals surface area contributed by atoms with E-state index >= 15 is 0 Å². The largest absolute Gasteiger partial charge is 0.481 e. The second kappa shape index (κ2) is 5.70. The van der Waals surface area contributed by atoms with Crippen LogP contribution in [0.4, 0.5) is 0 Å². The highest BCUT2D eigenvalue weighted by atomic mass is 16.4. The van der Waals surface area contributed by atoms with Crippen molar-refractivity contribution in [2.45, 2.75) is 32.2 Å². The molecule has 0 amide bonds. The summed E-state index contributed by atoms with van der Waals surface area (Å²) < 4.78 is 1.28. The third-order valence-corrected chi connectivity index (χ3v) is 4.68. The minimum absolute atomic E-state index is 0.206. The minimum Gasteiger partial charge on any atom is -0.481 e. The number of carbonyl (C=O) groups excluding carboxylic acids is 1. The first-order valence-corrected chi connectivity index (χ1v) is 7.83. The molecule has 0 aliphatic heterocycles. The fourth-order valence-electron chi connectivity index (χ4n) is 3.28. The number of aliphatic carboxylic acids is 1. The van der Waals surface area contributed by atoms with E-state index in [1.165, 1.54) is 10.7 Å². The van der Waals surface area contributed by atoms with E-state index in [1.54, 1.807) is 38.1 Å². The smallest absolute Gasteiger partial charge is 0.307 e. The molecule has 0 bridgehead atoms. The minimum atomic E-state index is -1.11. The Hall–Kier alpha value is -2.76. The van der Waals surface area contributed by atoms with Gasteiger partial charge in [-0.1, -0.05) is 30.3 Å². The molecule has 2 aromatic rings. The third kappa shape index (κ3) is 2.35. The Kier molecular flexibility index (Phi) is 3.83. The summed E-state index contributed by atoms with van der Waals surface area (Å²) in [4.78, 5) is 36.7. The van der Waals surface area contributed by atoms with Crippen LogP contribution in [0.3, 0.4) is 0 Å².